The van der Waals surface area contributed by atoms with Crippen LogP contribution in [0.15, 0.2) is 18.3 Å². The van der Waals surface area contributed by atoms with Gasteiger partial charge in [-0.3, -0.25) is 4.79 Å². The van der Waals surface area contributed by atoms with Gasteiger partial charge in [-0.15, -0.1) is 5.10 Å². The highest BCUT2D eigenvalue weighted by molar-refractivity contribution is 5.95. The van der Waals surface area contributed by atoms with Crippen molar-refractivity contribution >= 4 is 11.7 Å². The summed E-state index contributed by atoms with van der Waals surface area (Å²) in [6, 6.07) is 3.93. The Morgan fingerprint density at radius 2 is 2.16 bits per heavy atom. The third-order valence-corrected chi connectivity index (χ3v) is 4.61. The van der Waals surface area contributed by atoms with Gasteiger partial charge in [0.15, 0.2) is 0 Å². The van der Waals surface area contributed by atoms with Crippen molar-refractivity contribution in [3.63, 3.8) is 0 Å². The number of hydrogen-bond acceptors (Lipinski definition) is 6. The molecule has 25 heavy (non-hydrogen) atoms. The van der Waals surface area contributed by atoms with Gasteiger partial charge >= 0.3 is 0 Å². The first kappa shape index (κ1) is 17.3. The van der Waals surface area contributed by atoms with Gasteiger partial charge in [-0.25, -0.2) is 9.97 Å². The topological polar surface area (TPSA) is 83.9 Å². The van der Waals surface area contributed by atoms with E-state index in [4.69, 9.17) is 0 Å². The van der Waals surface area contributed by atoms with Crippen LogP contribution in [-0.2, 0) is 6.42 Å². The molecule has 1 N–H and O–H groups in total. The number of rotatable bonds is 4. The van der Waals surface area contributed by atoms with Crippen molar-refractivity contribution in [3.05, 3.63) is 41.1 Å². The van der Waals surface area contributed by atoms with Gasteiger partial charge in [0.2, 0.25) is 0 Å². The van der Waals surface area contributed by atoms with Gasteiger partial charge in [0.1, 0.15) is 11.6 Å². The Morgan fingerprint density at radius 1 is 1.32 bits per heavy atom. The van der Waals surface area contributed by atoms with E-state index in [-0.39, 0.29) is 5.91 Å². The lowest BCUT2D eigenvalue weighted by Crippen LogP contribution is -2.41. The number of carbonyl (C=O) groups excluding carboxylic acids is 1. The molecule has 1 saturated heterocycles. The first-order chi connectivity index (χ1) is 12.1. The molecule has 0 aromatic carbocycles. The van der Waals surface area contributed by atoms with E-state index in [1.54, 1.807) is 6.20 Å². The van der Waals surface area contributed by atoms with E-state index in [1.807, 2.05) is 37.9 Å². The highest BCUT2D eigenvalue weighted by Crippen LogP contribution is 2.22. The lowest BCUT2D eigenvalue weighted by Gasteiger charge is -2.32. The monoisotopic (exact) mass is 340 g/mol. The summed E-state index contributed by atoms with van der Waals surface area (Å²) in [6.07, 6.45) is 4.59. The molecule has 0 spiro atoms. The average molecular weight is 340 g/mol. The van der Waals surface area contributed by atoms with Crippen LogP contribution in [0, 0.1) is 19.8 Å². The fourth-order valence-corrected chi connectivity index (χ4v) is 3.28. The molecule has 3 heterocycles. The SMILES string of the molecule is CNc1ccc(CC2CCCN(C(=O)c3cnc(C)nc3C)C2)nn1. The Hall–Kier alpha value is -2.57. The van der Waals surface area contributed by atoms with Crippen molar-refractivity contribution in [2.75, 3.05) is 25.5 Å². The van der Waals surface area contributed by atoms with Crippen molar-refractivity contribution < 1.29 is 4.79 Å². The van der Waals surface area contributed by atoms with Crippen LogP contribution in [0.2, 0.25) is 0 Å². The third-order valence-electron chi connectivity index (χ3n) is 4.61. The number of amides is 1. The molecule has 2 aromatic rings. The largest absolute Gasteiger partial charge is 0.372 e. The molecule has 0 radical (unpaired) electrons. The van der Waals surface area contributed by atoms with Crippen molar-refractivity contribution in [1.82, 2.24) is 25.1 Å². The first-order valence-electron chi connectivity index (χ1n) is 8.66. The highest BCUT2D eigenvalue weighted by atomic mass is 16.2. The Kier molecular flexibility index (Phi) is 5.21. The molecule has 1 atom stereocenters. The third kappa shape index (κ3) is 4.10. The number of hydrogen-bond donors (Lipinski definition) is 1. The van der Waals surface area contributed by atoms with E-state index in [0.717, 1.165) is 49.6 Å². The summed E-state index contributed by atoms with van der Waals surface area (Å²) >= 11 is 0. The summed E-state index contributed by atoms with van der Waals surface area (Å²) in [6.45, 7) is 5.22. The van der Waals surface area contributed by atoms with Crippen molar-refractivity contribution in [2.24, 2.45) is 5.92 Å². The molecule has 3 rings (SSSR count). The number of aromatic nitrogens is 4. The lowest BCUT2D eigenvalue weighted by atomic mass is 9.93. The van der Waals surface area contributed by atoms with Gasteiger partial charge in [0.25, 0.3) is 5.91 Å². The van der Waals surface area contributed by atoms with Gasteiger partial charge in [-0.2, -0.15) is 5.10 Å². The summed E-state index contributed by atoms with van der Waals surface area (Å²) in [5.74, 6) is 1.88. The van der Waals surface area contributed by atoms with Crippen LogP contribution in [-0.4, -0.2) is 51.1 Å². The Bertz CT molecular complexity index is 746. The number of anilines is 1. The zero-order valence-corrected chi connectivity index (χ0v) is 15.0. The van der Waals surface area contributed by atoms with Crippen LogP contribution in [0.1, 0.15) is 40.4 Å². The van der Waals surface area contributed by atoms with Crippen LogP contribution >= 0.6 is 0 Å². The molecular weight excluding hydrogens is 316 g/mol. The molecule has 0 bridgehead atoms. The zero-order chi connectivity index (χ0) is 17.8. The fourth-order valence-electron chi connectivity index (χ4n) is 3.28. The maximum atomic E-state index is 12.8. The number of nitrogens with zero attached hydrogens (tertiary/aromatic N) is 5. The first-order valence-corrected chi connectivity index (χ1v) is 8.66. The Morgan fingerprint density at radius 3 is 2.84 bits per heavy atom. The minimum absolute atomic E-state index is 0.0267. The van der Waals surface area contributed by atoms with Crippen LogP contribution in [0.5, 0.6) is 0 Å². The van der Waals surface area contributed by atoms with Gasteiger partial charge in [0.05, 0.1) is 17.0 Å². The predicted octanol–water partition coefficient (Wildman–Crippen LogP) is 2.02. The molecule has 7 heteroatoms. The number of likely N-dealkylation sites (tertiary alicyclic amines) is 1. The molecule has 0 saturated carbocycles. The van der Waals surface area contributed by atoms with Crippen molar-refractivity contribution in [1.29, 1.82) is 0 Å². The van der Waals surface area contributed by atoms with E-state index in [0.29, 0.717) is 17.3 Å². The molecule has 0 aliphatic carbocycles. The Labute approximate surface area is 147 Å². The van der Waals surface area contributed by atoms with Gasteiger partial charge in [-0.1, -0.05) is 0 Å². The van der Waals surface area contributed by atoms with Crippen molar-refractivity contribution in [3.8, 4) is 0 Å². The maximum Gasteiger partial charge on any atom is 0.257 e. The van der Waals surface area contributed by atoms with E-state index in [2.05, 4.69) is 25.5 Å². The smallest absolute Gasteiger partial charge is 0.257 e. The van der Waals surface area contributed by atoms with Crippen molar-refractivity contribution in [2.45, 2.75) is 33.1 Å². The zero-order valence-electron chi connectivity index (χ0n) is 15.0. The molecule has 1 unspecified atom stereocenters. The molecule has 7 nitrogen and oxygen atoms in total. The van der Waals surface area contributed by atoms with E-state index in [9.17, 15) is 4.79 Å². The summed E-state index contributed by atoms with van der Waals surface area (Å²) < 4.78 is 0. The Balaban J connectivity index is 1.66. The van der Waals surface area contributed by atoms with Crippen LogP contribution in [0.25, 0.3) is 0 Å². The number of aryl methyl sites for hydroxylation is 2. The van der Waals surface area contributed by atoms with Gasteiger partial charge in [-0.05, 0) is 51.2 Å². The van der Waals surface area contributed by atoms with Crippen LogP contribution < -0.4 is 5.32 Å². The fraction of sp³-hybridized carbons (Fsp3) is 0.500. The van der Waals surface area contributed by atoms with Crippen LogP contribution in [0.3, 0.4) is 0 Å². The minimum Gasteiger partial charge on any atom is -0.372 e. The highest BCUT2D eigenvalue weighted by Gasteiger charge is 2.26. The number of carbonyl (C=O) groups is 1. The van der Waals surface area contributed by atoms with Gasteiger partial charge < -0.3 is 10.2 Å². The van der Waals surface area contributed by atoms with Crippen LogP contribution in [0.4, 0.5) is 5.82 Å². The maximum absolute atomic E-state index is 12.8. The quantitative estimate of drug-likeness (QED) is 0.917. The summed E-state index contributed by atoms with van der Waals surface area (Å²) in [4.78, 5) is 23.2. The molecule has 1 amide bonds. The minimum atomic E-state index is 0.0267. The molecule has 2 aromatic heterocycles. The second-order valence-corrected chi connectivity index (χ2v) is 6.54. The second-order valence-electron chi connectivity index (χ2n) is 6.54. The predicted molar refractivity (Wildman–Crippen MR) is 95.4 cm³/mol. The number of piperidine rings is 1. The second kappa shape index (κ2) is 7.55. The molecular formula is C18H24N6O. The molecule has 1 fully saturated rings. The molecule has 1 aliphatic rings. The van der Waals surface area contributed by atoms with E-state index < -0.39 is 0 Å². The summed E-state index contributed by atoms with van der Waals surface area (Å²) in [5, 5.41) is 11.4. The average Bonchev–Trinajstić information content (AvgIpc) is 2.62. The lowest BCUT2D eigenvalue weighted by molar-refractivity contribution is 0.0671. The summed E-state index contributed by atoms with van der Waals surface area (Å²) in [5.41, 5.74) is 2.31. The summed E-state index contributed by atoms with van der Waals surface area (Å²) in [7, 11) is 1.82. The molecule has 132 valence electrons. The van der Waals surface area contributed by atoms with E-state index in [1.165, 1.54) is 0 Å². The number of nitrogens with one attached hydrogen (secondary N) is 1. The van der Waals surface area contributed by atoms with Gasteiger partial charge in [0, 0.05) is 26.3 Å². The standard InChI is InChI=1S/C18H24N6O/c1-12-16(10-20-13(2)21-12)18(25)24-8-4-5-14(11-24)9-15-6-7-17(19-3)23-22-15/h6-7,10,14H,4-5,8-9,11H2,1-3H3,(H,19,23). The molecule has 1 aliphatic heterocycles. The van der Waals surface area contributed by atoms with E-state index >= 15 is 0 Å². The normalized spacial score (nSPS) is 17.4.